The minimum atomic E-state index is 0.180. The first kappa shape index (κ1) is 22.0. The number of hydrogen-bond acceptors (Lipinski definition) is 5. The lowest BCUT2D eigenvalue weighted by atomic mass is 9.84. The molecule has 0 atom stereocenters. The van der Waals surface area contributed by atoms with E-state index < -0.39 is 0 Å². The molecule has 0 bridgehead atoms. The van der Waals surface area contributed by atoms with Crippen LogP contribution >= 0.6 is 11.5 Å². The summed E-state index contributed by atoms with van der Waals surface area (Å²) in [6, 6.07) is 9.14. The minimum absolute atomic E-state index is 0.180. The minimum Gasteiger partial charge on any atom is -0.353 e. The third kappa shape index (κ3) is 5.20. The van der Waals surface area contributed by atoms with Gasteiger partial charge in [-0.15, -0.1) is 0 Å². The molecule has 7 heteroatoms. The summed E-state index contributed by atoms with van der Waals surface area (Å²) in [7, 11) is 0. The van der Waals surface area contributed by atoms with E-state index in [0.717, 1.165) is 70.9 Å². The highest BCUT2D eigenvalue weighted by Crippen LogP contribution is 2.30. The molecule has 1 aliphatic carbocycles. The Bertz CT molecular complexity index is 879. The maximum absolute atomic E-state index is 12.5. The second-order valence-corrected chi connectivity index (χ2v) is 10.6. The molecule has 3 fully saturated rings. The topological polar surface area (TPSA) is 51.7 Å². The lowest BCUT2D eigenvalue weighted by Crippen LogP contribution is -2.48. The number of benzene rings is 1. The first-order valence-corrected chi connectivity index (χ1v) is 13.4. The van der Waals surface area contributed by atoms with Crippen LogP contribution in [-0.2, 0) is 0 Å². The van der Waals surface area contributed by atoms with Gasteiger partial charge in [0.15, 0.2) is 0 Å². The molecule has 6 nitrogen and oxygen atoms in total. The van der Waals surface area contributed by atoms with Crippen LogP contribution in [0.3, 0.4) is 0 Å². The monoisotopic (exact) mass is 455 g/mol. The number of nitrogens with zero attached hydrogens (tertiary/aromatic N) is 4. The molecule has 1 saturated carbocycles. The van der Waals surface area contributed by atoms with Gasteiger partial charge in [-0.05, 0) is 87.5 Å². The molecule has 5 rings (SSSR count). The van der Waals surface area contributed by atoms with E-state index in [2.05, 4.69) is 39.4 Å². The number of amides is 2. The number of carbonyl (C=O) groups is 1. The van der Waals surface area contributed by atoms with E-state index in [4.69, 9.17) is 4.37 Å². The zero-order chi connectivity index (χ0) is 21.8. The number of carbonyl (C=O) groups excluding carboxylic acids is 1. The number of piperazine rings is 1. The Morgan fingerprint density at radius 1 is 0.969 bits per heavy atom. The van der Waals surface area contributed by atoms with Gasteiger partial charge in [0.1, 0.15) is 5.82 Å². The molecule has 2 saturated heterocycles. The lowest BCUT2D eigenvalue weighted by Gasteiger charge is -2.36. The lowest BCUT2D eigenvalue weighted by molar-refractivity contribution is 0.173. The van der Waals surface area contributed by atoms with E-state index in [9.17, 15) is 4.79 Å². The molecule has 3 heterocycles. The quantitative estimate of drug-likeness (QED) is 0.718. The summed E-state index contributed by atoms with van der Waals surface area (Å²) in [6.45, 7) is 7.49. The highest BCUT2D eigenvalue weighted by molar-refractivity contribution is 7.13. The van der Waals surface area contributed by atoms with Crippen molar-refractivity contribution < 1.29 is 4.79 Å². The molecular weight excluding hydrogens is 418 g/mol. The van der Waals surface area contributed by atoms with E-state index >= 15 is 0 Å². The van der Waals surface area contributed by atoms with Crippen LogP contribution in [0, 0.1) is 5.92 Å². The van der Waals surface area contributed by atoms with Crippen molar-refractivity contribution in [2.45, 2.75) is 57.4 Å². The molecule has 2 aliphatic heterocycles. The number of nitrogens with one attached hydrogen (secondary N) is 1. The number of piperidine rings is 1. The first-order valence-electron chi connectivity index (χ1n) is 12.6. The van der Waals surface area contributed by atoms with Crippen molar-refractivity contribution in [1.29, 1.82) is 0 Å². The van der Waals surface area contributed by atoms with E-state index in [-0.39, 0.29) is 6.03 Å². The third-order valence-electron chi connectivity index (χ3n) is 7.70. The van der Waals surface area contributed by atoms with Gasteiger partial charge in [-0.3, -0.25) is 4.90 Å². The fourth-order valence-electron chi connectivity index (χ4n) is 5.61. The molecule has 1 aromatic carbocycles. The Hall–Kier alpha value is -1.86. The summed E-state index contributed by atoms with van der Waals surface area (Å²) in [4.78, 5) is 19.6. The Morgan fingerprint density at radius 3 is 2.50 bits per heavy atom. The first-order chi connectivity index (χ1) is 15.8. The SMILES string of the molecule is O=C(NC1CCC(CCN2CCN(c3nsc4ccccc34)CC2)CC1)N1CCCCC1. The Kier molecular flexibility index (Phi) is 7.13. The van der Waals surface area contributed by atoms with Crippen molar-refractivity contribution in [3.63, 3.8) is 0 Å². The molecule has 0 unspecified atom stereocenters. The van der Waals surface area contributed by atoms with Gasteiger partial charge in [0.25, 0.3) is 0 Å². The van der Waals surface area contributed by atoms with Gasteiger partial charge in [-0.2, -0.15) is 4.37 Å². The van der Waals surface area contributed by atoms with Gasteiger partial charge >= 0.3 is 6.03 Å². The molecule has 0 radical (unpaired) electrons. The van der Waals surface area contributed by atoms with Crippen LogP contribution < -0.4 is 10.2 Å². The van der Waals surface area contributed by atoms with E-state index in [1.807, 2.05) is 4.90 Å². The van der Waals surface area contributed by atoms with Crippen LogP contribution in [-0.4, -0.2) is 72.1 Å². The Morgan fingerprint density at radius 2 is 1.72 bits per heavy atom. The van der Waals surface area contributed by atoms with Crippen LogP contribution in [0.5, 0.6) is 0 Å². The van der Waals surface area contributed by atoms with Crippen molar-refractivity contribution in [2.75, 3.05) is 50.7 Å². The molecule has 1 N–H and O–H groups in total. The molecule has 0 spiro atoms. The Balaban J connectivity index is 1.01. The molecule has 174 valence electrons. The summed E-state index contributed by atoms with van der Waals surface area (Å²) in [5, 5.41) is 4.61. The fraction of sp³-hybridized carbons (Fsp3) is 0.680. The molecular formula is C25H37N5OS. The number of urea groups is 1. The highest BCUT2D eigenvalue weighted by atomic mass is 32.1. The second kappa shape index (κ2) is 10.4. The number of rotatable bonds is 5. The average molecular weight is 456 g/mol. The largest absolute Gasteiger partial charge is 0.353 e. The van der Waals surface area contributed by atoms with Gasteiger partial charge in [0, 0.05) is 50.7 Å². The van der Waals surface area contributed by atoms with Crippen LogP contribution in [0.25, 0.3) is 10.1 Å². The molecule has 2 amide bonds. The van der Waals surface area contributed by atoms with E-state index in [0.29, 0.717) is 6.04 Å². The summed E-state index contributed by atoms with van der Waals surface area (Å²) in [5.41, 5.74) is 0. The summed E-state index contributed by atoms with van der Waals surface area (Å²) in [6.07, 6.45) is 9.71. The highest BCUT2D eigenvalue weighted by Gasteiger charge is 2.26. The predicted octanol–water partition coefficient (Wildman–Crippen LogP) is 4.56. The van der Waals surface area contributed by atoms with Crippen molar-refractivity contribution in [2.24, 2.45) is 5.92 Å². The molecule has 2 aromatic rings. The van der Waals surface area contributed by atoms with Crippen molar-refractivity contribution in [1.82, 2.24) is 19.5 Å². The smallest absolute Gasteiger partial charge is 0.317 e. The van der Waals surface area contributed by atoms with Crippen molar-refractivity contribution in [3.05, 3.63) is 24.3 Å². The number of likely N-dealkylation sites (tertiary alicyclic amines) is 1. The van der Waals surface area contributed by atoms with Gasteiger partial charge in [-0.25, -0.2) is 4.79 Å². The van der Waals surface area contributed by atoms with E-state index in [1.165, 1.54) is 48.1 Å². The number of anilines is 1. The van der Waals surface area contributed by atoms with Crippen LogP contribution in [0.1, 0.15) is 51.4 Å². The molecule has 32 heavy (non-hydrogen) atoms. The van der Waals surface area contributed by atoms with Gasteiger partial charge in [0.05, 0.1) is 4.70 Å². The maximum atomic E-state index is 12.5. The van der Waals surface area contributed by atoms with E-state index in [1.54, 1.807) is 11.5 Å². The maximum Gasteiger partial charge on any atom is 0.317 e. The zero-order valence-electron chi connectivity index (χ0n) is 19.2. The third-order valence-corrected chi connectivity index (χ3v) is 8.52. The summed E-state index contributed by atoms with van der Waals surface area (Å²) in [5.74, 6) is 1.99. The van der Waals surface area contributed by atoms with Gasteiger partial charge < -0.3 is 15.1 Å². The average Bonchev–Trinajstić information content (AvgIpc) is 3.29. The molecule has 1 aromatic heterocycles. The van der Waals surface area contributed by atoms with Gasteiger partial charge in [-0.1, -0.05) is 12.1 Å². The number of fused-ring (bicyclic) bond motifs is 1. The Labute approximate surface area is 196 Å². The van der Waals surface area contributed by atoms with Crippen LogP contribution in [0.4, 0.5) is 10.6 Å². The van der Waals surface area contributed by atoms with Gasteiger partial charge in [0.2, 0.25) is 0 Å². The standard InChI is InChI=1S/C25H37N5OS/c31-25(30-13-4-1-5-14-30)26-21-10-8-20(9-11-21)12-15-28-16-18-29(19-17-28)24-22-6-2-3-7-23(22)32-27-24/h2-3,6-7,20-21H,1,4-5,8-19H2,(H,26,31). The summed E-state index contributed by atoms with van der Waals surface area (Å²) < 4.78 is 6.02. The van der Waals surface area contributed by atoms with Crippen molar-refractivity contribution >= 4 is 33.5 Å². The second-order valence-electron chi connectivity index (χ2n) is 9.83. The summed E-state index contributed by atoms with van der Waals surface area (Å²) >= 11 is 1.61. The number of hydrogen-bond donors (Lipinski definition) is 1. The van der Waals surface area contributed by atoms with Crippen LogP contribution in [0.2, 0.25) is 0 Å². The normalized spacial score (nSPS) is 25.2. The number of aromatic nitrogens is 1. The van der Waals surface area contributed by atoms with Crippen molar-refractivity contribution in [3.8, 4) is 0 Å². The molecule has 3 aliphatic rings. The fourth-order valence-corrected chi connectivity index (χ4v) is 6.40. The zero-order valence-corrected chi connectivity index (χ0v) is 20.0. The van der Waals surface area contributed by atoms with Crippen LogP contribution in [0.15, 0.2) is 24.3 Å². The predicted molar refractivity (Wildman–Crippen MR) is 133 cm³/mol.